The molecule has 0 radical (unpaired) electrons. The molecule has 0 fully saturated rings. The molecule has 2 N–H and O–H groups in total. The van der Waals surface area contributed by atoms with Gasteiger partial charge in [-0.15, -0.1) is 10.2 Å². The summed E-state index contributed by atoms with van der Waals surface area (Å²) >= 11 is 1.52. The third-order valence-corrected chi connectivity index (χ3v) is 3.18. The lowest BCUT2D eigenvalue weighted by Gasteiger charge is -1.99. The van der Waals surface area contributed by atoms with Crippen LogP contribution in [0.5, 0.6) is 0 Å². The van der Waals surface area contributed by atoms with Crippen molar-refractivity contribution in [2.24, 2.45) is 5.73 Å². The van der Waals surface area contributed by atoms with Gasteiger partial charge in [-0.25, -0.2) is 0 Å². The van der Waals surface area contributed by atoms with E-state index in [4.69, 9.17) is 10.2 Å². The van der Waals surface area contributed by atoms with E-state index in [1.54, 1.807) is 0 Å². The van der Waals surface area contributed by atoms with Crippen LogP contribution in [0, 0.1) is 6.92 Å². The third kappa shape index (κ3) is 3.31. The lowest BCUT2D eigenvalue weighted by Crippen LogP contribution is -2.04. The molecule has 2 aromatic rings. The lowest BCUT2D eigenvalue weighted by atomic mass is 10.2. The topological polar surface area (TPSA) is 64.9 Å². The molecule has 5 heteroatoms. The van der Waals surface area contributed by atoms with Crippen molar-refractivity contribution in [3.05, 3.63) is 41.3 Å². The summed E-state index contributed by atoms with van der Waals surface area (Å²) in [6, 6.07) is 8.18. The van der Waals surface area contributed by atoms with Crippen LogP contribution in [0.2, 0.25) is 0 Å². The van der Waals surface area contributed by atoms with Crippen LogP contribution in [0.4, 0.5) is 0 Å². The van der Waals surface area contributed by atoms with Crippen molar-refractivity contribution in [2.45, 2.75) is 30.9 Å². The van der Waals surface area contributed by atoms with Crippen LogP contribution in [0.15, 0.2) is 33.9 Å². The number of hydrogen-bond acceptors (Lipinski definition) is 5. The van der Waals surface area contributed by atoms with E-state index in [2.05, 4.69) is 41.4 Å². The average Bonchev–Trinajstić information content (AvgIpc) is 2.77. The van der Waals surface area contributed by atoms with Crippen LogP contribution in [0.1, 0.15) is 30.0 Å². The number of hydrogen-bond donors (Lipinski definition) is 1. The van der Waals surface area contributed by atoms with Gasteiger partial charge in [0.25, 0.3) is 5.22 Å². The van der Waals surface area contributed by atoms with Crippen molar-refractivity contribution < 1.29 is 4.42 Å². The van der Waals surface area contributed by atoms with Crippen LogP contribution < -0.4 is 5.73 Å². The van der Waals surface area contributed by atoms with Gasteiger partial charge in [0.2, 0.25) is 5.89 Å². The molecule has 0 aliphatic rings. The predicted molar refractivity (Wildman–Crippen MR) is 67.6 cm³/mol. The zero-order valence-corrected chi connectivity index (χ0v) is 10.7. The second kappa shape index (κ2) is 5.33. The minimum atomic E-state index is -0.212. The summed E-state index contributed by atoms with van der Waals surface area (Å²) in [6.45, 7) is 3.89. The molecule has 90 valence electrons. The molecule has 1 aromatic heterocycles. The van der Waals surface area contributed by atoms with Gasteiger partial charge >= 0.3 is 0 Å². The summed E-state index contributed by atoms with van der Waals surface area (Å²) in [5, 5.41) is 8.38. The van der Waals surface area contributed by atoms with Gasteiger partial charge in [0.05, 0.1) is 6.04 Å². The highest BCUT2D eigenvalue weighted by Crippen LogP contribution is 2.22. The summed E-state index contributed by atoms with van der Waals surface area (Å²) in [5.41, 5.74) is 8.14. The van der Waals surface area contributed by atoms with Gasteiger partial charge in [-0.3, -0.25) is 0 Å². The molecule has 0 saturated heterocycles. The second-order valence-electron chi connectivity index (χ2n) is 3.97. The molecule has 0 saturated carbocycles. The number of rotatable bonds is 4. The van der Waals surface area contributed by atoms with Crippen LogP contribution >= 0.6 is 11.8 Å². The van der Waals surface area contributed by atoms with E-state index < -0.39 is 0 Å². The smallest absolute Gasteiger partial charge is 0.276 e. The molecule has 0 aliphatic carbocycles. The maximum atomic E-state index is 5.65. The van der Waals surface area contributed by atoms with Crippen molar-refractivity contribution in [2.75, 3.05) is 0 Å². The molecular formula is C12H15N3OS. The van der Waals surface area contributed by atoms with Crippen molar-refractivity contribution >= 4 is 11.8 Å². The Balaban J connectivity index is 1.95. The van der Waals surface area contributed by atoms with Crippen molar-refractivity contribution in [3.8, 4) is 0 Å². The maximum Gasteiger partial charge on any atom is 0.276 e. The zero-order chi connectivity index (χ0) is 12.3. The van der Waals surface area contributed by atoms with E-state index in [0.29, 0.717) is 11.1 Å². The first-order chi connectivity index (χ1) is 8.15. The Bertz CT molecular complexity index is 479. The van der Waals surface area contributed by atoms with Gasteiger partial charge in [-0.2, -0.15) is 0 Å². The van der Waals surface area contributed by atoms with Crippen LogP contribution in [0.3, 0.4) is 0 Å². The molecule has 0 amide bonds. The molecule has 0 bridgehead atoms. The van der Waals surface area contributed by atoms with E-state index >= 15 is 0 Å². The van der Waals surface area contributed by atoms with E-state index in [9.17, 15) is 0 Å². The van der Waals surface area contributed by atoms with E-state index in [0.717, 1.165) is 5.75 Å². The number of nitrogens with zero attached hydrogens (tertiary/aromatic N) is 2. The molecular weight excluding hydrogens is 234 g/mol. The zero-order valence-electron chi connectivity index (χ0n) is 9.88. The maximum absolute atomic E-state index is 5.65. The minimum Gasteiger partial charge on any atom is -0.414 e. The summed E-state index contributed by atoms with van der Waals surface area (Å²) in [4.78, 5) is 0. The summed E-state index contributed by atoms with van der Waals surface area (Å²) in [7, 11) is 0. The second-order valence-corrected chi connectivity index (χ2v) is 4.90. The van der Waals surface area contributed by atoms with Crippen LogP contribution in [-0.4, -0.2) is 10.2 Å². The monoisotopic (exact) mass is 249 g/mol. The van der Waals surface area contributed by atoms with Crippen LogP contribution in [-0.2, 0) is 5.75 Å². The minimum absolute atomic E-state index is 0.212. The van der Waals surface area contributed by atoms with Gasteiger partial charge < -0.3 is 10.2 Å². The largest absolute Gasteiger partial charge is 0.414 e. The number of thioether (sulfide) groups is 1. The molecule has 1 unspecified atom stereocenters. The fourth-order valence-corrected chi connectivity index (χ4v) is 2.02. The Kier molecular flexibility index (Phi) is 3.81. The fourth-order valence-electron chi connectivity index (χ4n) is 1.29. The highest BCUT2D eigenvalue weighted by Gasteiger charge is 2.10. The highest BCUT2D eigenvalue weighted by molar-refractivity contribution is 7.98. The first-order valence-electron chi connectivity index (χ1n) is 5.42. The molecule has 17 heavy (non-hydrogen) atoms. The van der Waals surface area contributed by atoms with Gasteiger partial charge in [-0.05, 0) is 19.4 Å². The molecule has 4 nitrogen and oxygen atoms in total. The van der Waals surface area contributed by atoms with Crippen molar-refractivity contribution in [1.82, 2.24) is 10.2 Å². The lowest BCUT2D eigenvalue weighted by molar-refractivity contribution is 0.394. The van der Waals surface area contributed by atoms with E-state index in [1.165, 1.54) is 22.9 Å². The first-order valence-corrected chi connectivity index (χ1v) is 6.41. The van der Waals surface area contributed by atoms with Gasteiger partial charge in [0, 0.05) is 5.75 Å². The van der Waals surface area contributed by atoms with Gasteiger partial charge in [-0.1, -0.05) is 41.6 Å². The molecule has 1 heterocycles. The molecule has 2 rings (SSSR count). The molecule has 0 aliphatic heterocycles. The SMILES string of the molecule is Cc1ccc(CSc2nnc(C(C)N)o2)cc1. The molecule has 1 atom stereocenters. The summed E-state index contributed by atoms with van der Waals surface area (Å²) in [5.74, 6) is 1.30. The summed E-state index contributed by atoms with van der Waals surface area (Å²) < 4.78 is 5.41. The Hall–Kier alpha value is -1.33. The van der Waals surface area contributed by atoms with Gasteiger partial charge in [0.1, 0.15) is 0 Å². The Morgan fingerprint density at radius 2 is 2.00 bits per heavy atom. The Labute approximate surface area is 105 Å². The number of aromatic nitrogens is 2. The number of aryl methyl sites for hydroxylation is 1. The quantitative estimate of drug-likeness (QED) is 0.844. The third-order valence-electron chi connectivity index (χ3n) is 2.29. The Morgan fingerprint density at radius 1 is 1.29 bits per heavy atom. The number of nitrogens with two attached hydrogens (primary N) is 1. The standard InChI is InChI=1S/C12H15N3OS/c1-8-3-5-10(6-4-8)7-17-12-15-14-11(16-12)9(2)13/h3-6,9H,7,13H2,1-2H3. The van der Waals surface area contributed by atoms with E-state index in [1.807, 2.05) is 6.92 Å². The highest BCUT2D eigenvalue weighted by atomic mass is 32.2. The molecule has 0 spiro atoms. The Morgan fingerprint density at radius 3 is 2.59 bits per heavy atom. The van der Waals surface area contributed by atoms with Crippen molar-refractivity contribution in [1.29, 1.82) is 0 Å². The summed E-state index contributed by atoms with van der Waals surface area (Å²) in [6.07, 6.45) is 0. The predicted octanol–water partition coefficient (Wildman–Crippen LogP) is 2.69. The van der Waals surface area contributed by atoms with Crippen molar-refractivity contribution in [3.63, 3.8) is 0 Å². The van der Waals surface area contributed by atoms with Crippen LogP contribution in [0.25, 0.3) is 0 Å². The molecule has 1 aromatic carbocycles. The fraction of sp³-hybridized carbons (Fsp3) is 0.333. The van der Waals surface area contributed by atoms with E-state index in [-0.39, 0.29) is 6.04 Å². The average molecular weight is 249 g/mol. The van der Waals surface area contributed by atoms with Gasteiger partial charge in [0.15, 0.2) is 0 Å². The first kappa shape index (κ1) is 12.1. The normalized spacial score (nSPS) is 12.6. The number of benzene rings is 1.